The SMILES string of the molecule is C=C(c1cn([C@H](F)C(=O)O)nn1)[C@@H]1NC(=O)NC1=O. The molecule has 100 valence electrons. The zero-order chi connectivity index (χ0) is 14.2. The minimum Gasteiger partial charge on any atom is -0.478 e. The molecule has 9 nitrogen and oxygen atoms in total. The van der Waals surface area contributed by atoms with Crippen LogP contribution in [0, 0.1) is 0 Å². The number of nitrogens with zero attached hydrogens (tertiary/aromatic N) is 3. The lowest BCUT2D eigenvalue weighted by molar-refractivity contribution is -0.147. The fourth-order valence-corrected chi connectivity index (χ4v) is 1.46. The number of alkyl halides is 1. The Morgan fingerprint density at radius 1 is 1.58 bits per heavy atom. The zero-order valence-electron chi connectivity index (χ0n) is 9.33. The van der Waals surface area contributed by atoms with Crippen LogP contribution in [0.4, 0.5) is 9.18 Å². The second kappa shape index (κ2) is 4.48. The summed E-state index contributed by atoms with van der Waals surface area (Å²) in [6.07, 6.45) is -1.40. The Kier molecular flexibility index (Phi) is 2.99. The summed E-state index contributed by atoms with van der Waals surface area (Å²) < 4.78 is 13.6. The van der Waals surface area contributed by atoms with Gasteiger partial charge in [0, 0.05) is 5.57 Å². The summed E-state index contributed by atoms with van der Waals surface area (Å²) in [4.78, 5) is 32.7. The van der Waals surface area contributed by atoms with E-state index in [-0.39, 0.29) is 11.3 Å². The number of imide groups is 1. The summed E-state index contributed by atoms with van der Waals surface area (Å²) in [6, 6.07) is -1.72. The van der Waals surface area contributed by atoms with Crippen LogP contribution in [0.3, 0.4) is 0 Å². The molecule has 1 aliphatic rings. The molecule has 10 heteroatoms. The lowest BCUT2D eigenvalue weighted by atomic mass is 10.1. The summed E-state index contributed by atoms with van der Waals surface area (Å²) in [6.45, 7) is 3.55. The van der Waals surface area contributed by atoms with Gasteiger partial charge in [0.2, 0.25) is 0 Å². The highest BCUT2D eigenvalue weighted by molar-refractivity contribution is 6.10. The van der Waals surface area contributed by atoms with Gasteiger partial charge in [-0.3, -0.25) is 10.1 Å². The van der Waals surface area contributed by atoms with E-state index in [0.717, 1.165) is 6.20 Å². The molecule has 3 amide bonds. The van der Waals surface area contributed by atoms with E-state index in [1.807, 2.05) is 5.32 Å². The number of carbonyl (C=O) groups excluding carboxylic acids is 2. The average Bonchev–Trinajstić information content (AvgIpc) is 2.94. The number of carbonyl (C=O) groups is 3. The standard InChI is InChI=1S/C9H8FN5O4/c1-3(5-7(16)12-9(19)11-5)4-2-15(14-13-4)6(10)8(17)18/h2,5-6H,1H2,(H,17,18)(H2,11,12,16,19)/t5-,6-/m0/s1. The van der Waals surface area contributed by atoms with Crippen LogP contribution >= 0.6 is 0 Å². The van der Waals surface area contributed by atoms with Crippen molar-refractivity contribution in [3.63, 3.8) is 0 Å². The molecule has 0 saturated carbocycles. The third kappa shape index (κ3) is 2.27. The molecule has 0 radical (unpaired) electrons. The summed E-state index contributed by atoms with van der Waals surface area (Å²) in [5.41, 5.74) is 0.0819. The van der Waals surface area contributed by atoms with E-state index in [1.54, 1.807) is 0 Å². The molecular weight excluding hydrogens is 261 g/mol. The van der Waals surface area contributed by atoms with Crippen LogP contribution in [0.25, 0.3) is 5.57 Å². The van der Waals surface area contributed by atoms with Gasteiger partial charge in [-0.1, -0.05) is 11.8 Å². The number of aliphatic carboxylic acids is 1. The summed E-state index contributed by atoms with van der Waals surface area (Å²) >= 11 is 0. The van der Waals surface area contributed by atoms with Gasteiger partial charge in [0.25, 0.3) is 12.2 Å². The van der Waals surface area contributed by atoms with Gasteiger partial charge < -0.3 is 10.4 Å². The Bertz CT molecular complexity index is 583. The summed E-state index contributed by atoms with van der Waals surface area (Å²) in [5, 5.41) is 19.5. The van der Waals surface area contributed by atoms with E-state index in [9.17, 15) is 18.8 Å². The number of rotatable bonds is 4. The molecule has 1 aliphatic heterocycles. The third-order valence-corrected chi connectivity index (χ3v) is 2.40. The number of carboxylic acid groups (broad SMARTS) is 1. The quantitative estimate of drug-likeness (QED) is 0.605. The minimum absolute atomic E-state index is 0.00579. The minimum atomic E-state index is -2.39. The molecule has 3 N–H and O–H groups in total. The van der Waals surface area contributed by atoms with Crippen LogP contribution in [0.1, 0.15) is 12.0 Å². The number of hydrogen-bond donors (Lipinski definition) is 3. The molecule has 0 unspecified atom stereocenters. The number of carboxylic acids is 1. The van der Waals surface area contributed by atoms with Crippen molar-refractivity contribution in [3.8, 4) is 0 Å². The Morgan fingerprint density at radius 3 is 2.79 bits per heavy atom. The highest BCUT2D eigenvalue weighted by Gasteiger charge is 2.33. The number of amides is 3. The fraction of sp³-hybridized carbons (Fsp3) is 0.222. The van der Waals surface area contributed by atoms with Crippen molar-refractivity contribution in [1.29, 1.82) is 0 Å². The maximum absolute atomic E-state index is 13.1. The van der Waals surface area contributed by atoms with Crippen LogP contribution in [0.5, 0.6) is 0 Å². The van der Waals surface area contributed by atoms with Crippen LogP contribution in [-0.4, -0.2) is 44.0 Å². The molecule has 0 bridgehead atoms. The molecule has 2 rings (SSSR count). The topological polar surface area (TPSA) is 126 Å². The molecule has 2 atom stereocenters. The van der Waals surface area contributed by atoms with E-state index in [1.165, 1.54) is 0 Å². The molecular formula is C9H8FN5O4. The predicted octanol–water partition coefficient (Wildman–Crippen LogP) is -0.948. The first-order chi connectivity index (χ1) is 8.90. The summed E-state index contributed by atoms with van der Waals surface area (Å²) in [7, 11) is 0. The highest BCUT2D eigenvalue weighted by Crippen LogP contribution is 2.17. The van der Waals surface area contributed by atoms with E-state index < -0.39 is 30.2 Å². The zero-order valence-corrected chi connectivity index (χ0v) is 9.33. The molecule has 1 aromatic rings. The number of hydrogen-bond acceptors (Lipinski definition) is 5. The van der Waals surface area contributed by atoms with E-state index in [4.69, 9.17) is 5.11 Å². The Hall–Kier alpha value is -2.78. The smallest absolute Gasteiger partial charge is 0.361 e. The van der Waals surface area contributed by atoms with Gasteiger partial charge in [-0.2, -0.15) is 0 Å². The van der Waals surface area contributed by atoms with E-state index >= 15 is 0 Å². The molecule has 0 spiro atoms. The maximum Gasteiger partial charge on any atom is 0.361 e. The number of halogens is 1. The molecule has 0 aliphatic carbocycles. The highest BCUT2D eigenvalue weighted by atomic mass is 19.1. The van der Waals surface area contributed by atoms with Crippen molar-refractivity contribution in [2.75, 3.05) is 0 Å². The average molecular weight is 269 g/mol. The van der Waals surface area contributed by atoms with Crippen molar-refractivity contribution < 1.29 is 23.9 Å². The lowest BCUT2D eigenvalue weighted by Crippen LogP contribution is -2.29. The van der Waals surface area contributed by atoms with Crippen molar-refractivity contribution in [1.82, 2.24) is 25.6 Å². The largest absolute Gasteiger partial charge is 0.478 e. The Morgan fingerprint density at radius 2 is 2.26 bits per heavy atom. The number of aromatic nitrogens is 3. The Labute approximate surface area is 105 Å². The normalized spacial score (nSPS) is 19.7. The van der Waals surface area contributed by atoms with Crippen LogP contribution in [0.15, 0.2) is 12.8 Å². The predicted molar refractivity (Wildman–Crippen MR) is 57.3 cm³/mol. The Balaban J connectivity index is 2.19. The van der Waals surface area contributed by atoms with Gasteiger partial charge >= 0.3 is 12.0 Å². The van der Waals surface area contributed by atoms with Crippen LogP contribution < -0.4 is 10.6 Å². The third-order valence-electron chi connectivity index (χ3n) is 2.40. The van der Waals surface area contributed by atoms with Gasteiger partial charge in [0.1, 0.15) is 11.7 Å². The van der Waals surface area contributed by atoms with Gasteiger partial charge in [-0.25, -0.2) is 18.7 Å². The van der Waals surface area contributed by atoms with Crippen molar-refractivity contribution in [2.24, 2.45) is 0 Å². The first kappa shape index (κ1) is 12.7. The van der Waals surface area contributed by atoms with Crippen molar-refractivity contribution in [3.05, 3.63) is 18.5 Å². The molecule has 1 saturated heterocycles. The first-order valence-electron chi connectivity index (χ1n) is 4.99. The van der Waals surface area contributed by atoms with E-state index in [2.05, 4.69) is 22.2 Å². The molecule has 1 aromatic heterocycles. The second-order valence-corrected chi connectivity index (χ2v) is 3.68. The van der Waals surface area contributed by atoms with Crippen LogP contribution in [-0.2, 0) is 9.59 Å². The van der Waals surface area contributed by atoms with E-state index in [0.29, 0.717) is 4.68 Å². The number of nitrogens with one attached hydrogen (secondary N) is 2. The van der Waals surface area contributed by atoms with Gasteiger partial charge in [0.15, 0.2) is 0 Å². The molecule has 2 heterocycles. The lowest BCUT2D eigenvalue weighted by Gasteiger charge is -2.07. The van der Waals surface area contributed by atoms with Crippen molar-refractivity contribution >= 4 is 23.5 Å². The fourth-order valence-electron chi connectivity index (χ4n) is 1.46. The van der Waals surface area contributed by atoms with Gasteiger partial charge in [-0.15, -0.1) is 5.10 Å². The van der Waals surface area contributed by atoms with Gasteiger partial charge in [-0.05, 0) is 0 Å². The van der Waals surface area contributed by atoms with Crippen molar-refractivity contribution in [2.45, 2.75) is 12.3 Å². The maximum atomic E-state index is 13.1. The second-order valence-electron chi connectivity index (χ2n) is 3.68. The van der Waals surface area contributed by atoms with Gasteiger partial charge in [0.05, 0.1) is 6.20 Å². The molecule has 1 fully saturated rings. The van der Waals surface area contributed by atoms with Crippen LogP contribution in [0.2, 0.25) is 0 Å². The first-order valence-corrected chi connectivity index (χ1v) is 4.99. The summed E-state index contributed by atoms with van der Waals surface area (Å²) in [5.74, 6) is -2.35. The monoisotopic (exact) mass is 269 g/mol. The number of urea groups is 1. The molecule has 19 heavy (non-hydrogen) atoms. The molecule has 0 aromatic carbocycles.